The van der Waals surface area contributed by atoms with Crippen LogP contribution >= 0.6 is 11.8 Å². The fraction of sp³-hybridized carbons (Fsp3) is 0.188. The first kappa shape index (κ1) is 15.4. The molecule has 0 saturated carbocycles. The molecule has 0 unspecified atom stereocenters. The molecule has 0 fully saturated rings. The van der Waals surface area contributed by atoms with Crippen LogP contribution in [0.4, 0.5) is 0 Å². The lowest BCUT2D eigenvalue weighted by atomic mass is 10.4. The Morgan fingerprint density at radius 2 is 1.44 bits per heavy atom. The Labute approximate surface area is 112 Å². The summed E-state index contributed by atoms with van der Waals surface area (Å²) in [5.41, 5.74) is 0. The van der Waals surface area contributed by atoms with Crippen LogP contribution in [0.5, 0.6) is 0 Å². The second kappa shape index (κ2) is 12.4. The molecular formula is C16H8OS. The molecule has 0 aromatic rings. The van der Waals surface area contributed by atoms with E-state index in [0.29, 0.717) is 6.42 Å². The molecule has 0 heterocycles. The standard InChI is InChI=1S/C16H8OS/c1-3-5-6-7-8-9-10-11-12-13-15-18-16(17)14-4-2/h1H,4,14H2,2H3. The van der Waals surface area contributed by atoms with E-state index in [1.54, 1.807) is 0 Å². The van der Waals surface area contributed by atoms with E-state index >= 15 is 0 Å². The third-order valence-corrected chi connectivity index (χ3v) is 1.88. The number of thioether (sulfide) groups is 1. The summed E-state index contributed by atoms with van der Waals surface area (Å²) in [5, 5.41) is 2.64. The highest BCUT2D eigenvalue weighted by Gasteiger charge is 1.95. The van der Waals surface area contributed by atoms with Gasteiger partial charge in [-0.05, 0) is 70.9 Å². The van der Waals surface area contributed by atoms with Crippen LogP contribution in [0.3, 0.4) is 0 Å². The van der Waals surface area contributed by atoms with Crippen LogP contribution in [0.2, 0.25) is 0 Å². The molecule has 84 valence electrons. The normalized spacial score (nSPS) is 5.78. The molecule has 0 aromatic carbocycles. The van der Waals surface area contributed by atoms with Gasteiger partial charge in [0.25, 0.3) is 0 Å². The minimum atomic E-state index is 0.0517. The van der Waals surface area contributed by atoms with Gasteiger partial charge >= 0.3 is 0 Å². The molecule has 0 saturated heterocycles. The average Bonchev–Trinajstić information content (AvgIpc) is 2.36. The van der Waals surface area contributed by atoms with Crippen molar-refractivity contribution in [1.29, 1.82) is 0 Å². The molecule has 0 radical (unpaired) electrons. The predicted octanol–water partition coefficient (Wildman–Crippen LogP) is 1.65. The molecular weight excluding hydrogens is 240 g/mol. The Hall–Kier alpha value is -2.62. The van der Waals surface area contributed by atoms with Crippen molar-refractivity contribution in [2.24, 2.45) is 0 Å². The molecule has 0 rings (SSSR count). The molecule has 2 heteroatoms. The number of rotatable bonds is 2. The molecule has 0 atom stereocenters. The topological polar surface area (TPSA) is 17.1 Å². The summed E-state index contributed by atoms with van der Waals surface area (Å²) in [5.74, 6) is 24.2. The van der Waals surface area contributed by atoms with Crippen molar-refractivity contribution in [3.63, 3.8) is 0 Å². The molecule has 0 aliphatic rings. The average molecular weight is 248 g/mol. The van der Waals surface area contributed by atoms with Crippen LogP contribution in [0, 0.1) is 70.9 Å². The fourth-order valence-electron chi connectivity index (χ4n) is 0.618. The van der Waals surface area contributed by atoms with Crippen molar-refractivity contribution >= 4 is 16.9 Å². The SMILES string of the molecule is C#CC#CC#CC#CC#CC#CSC(=O)CCC. The van der Waals surface area contributed by atoms with E-state index in [-0.39, 0.29) is 5.12 Å². The van der Waals surface area contributed by atoms with Gasteiger partial charge in [-0.3, -0.25) is 4.79 Å². The van der Waals surface area contributed by atoms with Gasteiger partial charge < -0.3 is 0 Å². The second-order valence-corrected chi connectivity index (χ2v) is 3.46. The van der Waals surface area contributed by atoms with E-state index in [0.717, 1.165) is 18.2 Å². The van der Waals surface area contributed by atoms with Crippen LogP contribution in [-0.4, -0.2) is 5.12 Å². The zero-order valence-electron chi connectivity index (χ0n) is 9.81. The minimum Gasteiger partial charge on any atom is -0.286 e. The number of terminal acetylenes is 1. The van der Waals surface area contributed by atoms with Gasteiger partial charge in [0, 0.05) is 18.2 Å². The molecule has 0 aliphatic heterocycles. The summed E-state index contributed by atoms with van der Waals surface area (Å²) in [4.78, 5) is 11.0. The molecule has 0 aliphatic carbocycles. The van der Waals surface area contributed by atoms with Gasteiger partial charge in [-0.1, -0.05) is 6.92 Å². The smallest absolute Gasteiger partial charge is 0.201 e. The number of carbonyl (C=O) groups excluding carboxylic acids is 1. The Kier molecular flexibility index (Phi) is 10.6. The zero-order chi connectivity index (χ0) is 13.5. The lowest BCUT2D eigenvalue weighted by Crippen LogP contribution is -1.85. The van der Waals surface area contributed by atoms with Crippen molar-refractivity contribution in [2.75, 3.05) is 0 Å². The van der Waals surface area contributed by atoms with E-state index in [4.69, 9.17) is 6.42 Å². The Bertz CT molecular complexity index is 635. The van der Waals surface area contributed by atoms with Crippen molar-refractivity contribution < 1.29 is 4.79 Å². The van der Waals surface area contributed by atoms with E-state index in [1.165, 1.54) is 0 Å². The largest absolute Gasteiger partial charge is 0.286 e. The lowest BCUT2D eigenvalue weighted by Gasteiger charge is -1.86. The molecule has 1 nitrogen and oxygen atoms in total. The third-order valence-electron chi connectivity index (χ3n) is 1.24. The Morgan fingerprint density at radius 3 is 1.94 bits per heavy atom. The van der Waals surface area contributed by atoms with E-state index in [2.05, 4.69) is 64.5 Å². The van der Waals surface area contributed by atoms with Crippen LogP contribution in [0.1, 0.15) is 19.8 Å². The van der Waals surface area contributed by atoms with Gasteiger partial charge in [0.1, 0.15) is 0 Å². The van der Waals surface area contributed by atoms with Gasteiger partial charge in [0.15, 0.2) is 0 Å². The van der Waals surface area contributed by atoms with Gasteiger partial charge in [-0.15, -0.1) is 6.42 Å². The van der Waals surface area contributed by atoms with Crippen LogP contribution in [0.15, 0.2) is 0 Å². The van der Waals surface area contributed by atoms with Crippen molar-refractivity contribution in [1.82, 2.24) is 0 Å². The molecule has 0 bridgehead atoms. The van der Waals surface area contributed by atoms with Crippen molar-refractivity contribution in [2.45, 2.75) is 19.8 Å². The summed E-state index contributed by atoms with van der Waals surface area (Å²) in [6.45, 7) is 1.94. The molecule has 0 spiro atoms. The maximum absolute atomic E-state index is 11.0. The van der Waals surface area contributed by atoms with Crippen LogP contribution in [-0.2, 0) is 4.79 Å². The highest BCUT2D eigenvalue weighted by molar-refractivity contribution is 8.17. The van der Waals surface area contributed by atoms with E-state index in [9.17, 15) is 4.79 Å². The monoisotopic (exact) mass is 248 g/mol. The highest BCUT2D eigenvalue weighted by Crippen LogP contribution is 2.03. The predicted molar refractivity (Wildman–Crippen MR) is 75.2 cm³/mol. The Balaban J connectivity index is 4.10. The number of hydrogen-bond acceptors (Lipinski definition) is 2. The summed E-state index contributed by atoms with van der Waals surface area (Å²) in [6, 6.07) is 0. The molecule has 0 N–H and O–H groups in total. The first-order valence-corrected chi connectivity index (χ1v) is 5.78. The second-order valence-electron chi connectivity index (χ2n) is 2.60. The Morgan fingerprint density at radius 1 is 0.944 bits per heavy atom. The summed E-state index contributed by atoms with van der Waals surface area (Å²) < 4.78 is 0. The maximum Gasteiger partial charge on any atom is 0.201 e. The van der Waals surface area contributed by atoms with Gasteiger partial charge in [-0.25, -0.2) is 0 Å². The molecule has 0 amide bonds. The first-order valence-electron chi connectivity index (χ1n) is 4.96. The number of carbonyl (C=O) groups is 1. The van der Waals surface area contributed by atoms with Crippen LogP contribution in [0.25, 0.3) is 0 Å². The first-order chi connectivity index (χ1) is 8.81. The van der Waals surface area contributed by atoms with Gasteiger partial charge in [0.05, 0.1) is 0 Å². The van der Waals surface area contributed by atoms with E-state index in [1.807, 2.05) is 6.92 Å². The summed E-state index contributed by atoms with van der Waals surface area (Å²) >= 11 is 0.963. The zero-order valence-corrected chi connectivity index (χ0v) is 10.6. The maximum atomic E-state index is 11.0. The summed E-state index contributed by atoms with van der Waals surface area (Å²) in [6.07, 6.45) is 6.24. The summed E-state index contributed by atoms with van der Waals surface area (Å²) in [7, 11) is 0. The van der Waals surface area contributed by atoms with Crippen molar-refractivity contribution in [3.8, 4) is 70.9 Å². The van der Waals surface area contributed by atoms with Crippen LogP contribution < -0.4 is 0 Å². The third kappa shape index (κ3) is 11.5. The fourth-order valence-corrected chi connectivity index (χ4v) is 1.14. The minimum absolute atomic E-state index is 0.0517. The van der Waals surface area contributed by atoms with Gasteiger partial charge in [-0.2, -0.15) is 0 Å². The quantitative estimate of drug-likeness (QED) is 0.691. The lowest BCUT2D eigenvalue weighted by molar-refractivity contribution is -0.110. The molecule has 18 heavy (non-hydrogen) atoms. The van der Waals surface area contributed by atoms with Crippen molar-refractivity contribution in [3.05, 3.63) is 0 Å². The van der Waals surface area contributed by atoms with E-state index < -0.39 is 0 Å². The highest BCUT2D eigenvalue weighted by atomic mass is 32.2. The number of hydrogen-bond donors (Lipinski definition) is 0. The van der Waals surface area contributed by atoms with Gasteiger partial charge in [0.2, 0.25) is 5.12 Å². The molecule has 0 aromatic heterocycles.